The first-order chi connectivity index (χ1) is 8.04. The lowest BCUT2D eigenvalue weighted by Gasteiger charge is -2.33. The van der Waals surface area contributed by atoms with Gasteiger partial charge in [-0.2, -0.15) is 0 Å². The van der Waals surface area contributed by atoms with Crippen molar-refractivity contribution in [2.75, 3.05) is 0 Å². The van der Waals surface area contributed by atoms with E-state index in [1.54, 1.807) is 0 Å². The minimum Gasteiger partial charge on any atom is -0.314 e. The van der Waals surface area contributed by atoms with Crippen molar-refractivity contribution in [1.82, 2.24) is 10.6 Å². The van der Waals surface area contributed by atoms with E-state index in [4.69, 9.17) is 5.73 Å². The number of carbonyl (C=O) groups is 2. The maximum atomic E-state index is 11.6. The van der Waals surface area contributed by atoms with Crippen LogP contribution in [0.25, 0.3) is 5.57 Å². The molecular formula is C12H13N3O2. The molecule has 1 aliphatic heterocycles. The molecule has 1 heterocycles. The average Bonchev–Trinajstić information content (AvgIpc) is 2.30. The summed E-state index contributed by atoms with van der Waals surface area (Å²) in [4.78, 5) is 22.9. The van der Waals surface area contributed by atoms with E-state index in [1.807, 2.05) is 30.3 Å². The van der Waals surface area contributed by atoms with Gasteiger partial charge in [0.05, 0.1) is 0 Å². The van der Waals surface area contributed by atoms with E-state index in [-0.39, 0.29) is 5.78 Å². The van der Waals surface area contributed by atoms with Gasteiger partial charge in [-0.1, -0.05) is 30.3 Å². The predicted molar refractivity (Wildman–Crippen MR) is 63.7 cm³/mol. The molecule has 0 spiro atoms. The van der Waals surface area contributed by atoms with Crippen LogP contribution in [-0.2, 0) is 4.79 Å². The van der Waals surface area contributed by atoms with Crippen LogP contribution in [0.15, 0.2) is 36.5 Å². The Balaban J connectivity index is 2.51. The number of nitrogens with two attached hydrogens (primary N) is 1. The number of Topliss-reactive ketones (excluding diaryl/α,β-unsaturated/α-hetero) is 1. The largest absolute Gasteiger partial charge is 0.320 e. The van der Waals surface area contributed by atoms with Crippen molar-refractivity contribution in [2.45, 2.75) is 12.6 Å². The molecule has 88 valence electrons. The summed E-state index contributed by atoms with van der Waals surface area (Å²) >= 11 is 0. The molecule has 1 aromatic carbocycles. The normalized spacial score (nSPS) is 23.4. The van der Waals surface area contributed by atoms with Gasteiger partial charge in [-0.05, 0) is 12.5 Å². The number of urea groups is 1. The Morgan fingerprint density at radius 1 is 1.29 bits per heavy atom. The molecule has 5 heteroatoms. The molecule has 0 bridgehead atoms. The zero-order chi connectivity index (χ0) is 12.5. The topological polar surface area (TPSA) is 84.2 Å². The van der Waals surface area contributed by atoms with Gasteiger partial charge in [-0.25, -0.2) is 4.79 Å². The quantitative estimate of drug-likeness (QED) is 0.696. The molecule has 1 aliphatic rings. The summed E-state index contributed by atoms with van der Waals surface area (Å²) in [5, 5.41) is 4.95. The molecule has 1 aromatic rings. The van der Waals surface area contributed by atoms with Crippen molar-refractivity contribution in [1.29, 1.82) is 0 Å². The monoisotopic (exact) mass is 231 g/mol. The second-order valence-corrected chi connectivity index (χ2v) is 3.89. The fourth-order valence-corrected chi connectivity index (χ4v) is 1.74. The third kappa shape index (κ3) is 1.92. The minimum absolute atomic E-state index is 0.317. The number of rotatable bonds is 2. The summed E-state index contributed by atoms with van der Waals surface area (Å²) in [5.74, 6) is -0.317. The van der Waals surface area contributed by atoms with Crippen LogP contribution in [0.4, 0.5) is 4.79 Å². The Morgan fingerprint density at radius 2 is 1.94 bits per heavy atom. The van der Waals surface area contributed by atoms with Crippen LogP contribution < -0.4 is 16.4 Å². The van der Waals surface area contributed by atoms with Gasteiger partial charge < -0.3 is 10.6 Å². The summed E-state index contributed by atoms with van der Waals surface area (Å²) in [6, 6.07) is 8.72. The number of nitrogens with one attached hydrogen (secondary N) is 2. The maximum Gasteiger partial charge on any atom is 0.320 e. The van der Waals surface area contributed by atoms with Crippen molar-refractivity contribution in [3.05, 3.63) is 42.1 Å². The second kappa shape index (κ2) is 4.03. The number of benzene rings is 1. The van der Waals surface area contributed by atoms with Gasteiger partial charge in [0.15, 0.2) is 11.4 Å². The molecule has 0 saturated heterocycles. The third-order valence-corrected chi connectivity index (χ3v) is 2.72. The molecule has 1 unspecified atom stereocenters. The van der Waals surface area contributed by atoms with Gasteiger partial charge in [0.25, 0.3) is 0 Å². The van der Waals surface area contributed by atoms with Gasteiger partial charge in [0.1, 0.15) is 0 Å². The van der Waals surface area contributed by atoms with Gasteiger partial charge in [0, 0.05) is 11.8 Å². The van der Waals surface area contributed by atoms with Crippen molar-refractivity contribution >= 4 is 17.4 Å². The van der Waals surface area contributed by atoms with Gasteiger partial charge in [-0.15, -0.1) is 0 Å². The number of carbonyl (C=O) groups excluding carboxylic acids is 2. The van der Waals surface area contributed by atoms with Crippen molar-refractivity contribution < 1.29 is 9.59 Å². The lowest BCUT2D eigenvalue weighted by Crippen LogP contribution is -2.65. The Kier molecular flexibility index (Phi) is 2.69. The van der Waals surface area contributed by atoms with Crippen LogP contribution in [0.5, 0.6) is 0 Å². The molecule has 0 aromatic heterocycles. The molecule has 0 aliphatic carbocycles. The van der Waals surface area contributed by atoms with Crippen molar-refractivity contribution in [2.24, 2.45) is 5.73 Å². The molecule has 1 atom stereocenters. The van der Waals surface area contributed by atoms with Gasteiger partial charge in [-0.3, -0.25) is 10.5 Å². The number of hydrogen-bond acceptors (Lipinski definition) is 3. The summed E-state index contributed by atoms with van der Waals surface area (Å²) in [6.45, 7) is 1.35. The molecule has 0 fully saturated rings. The number of amides is 2. The molecule has 17 heavy (non-hydrogen) atoms. The van der Waals surface area contributed by atoms with Gasteiger partial charge in [0.2, 0.25) is 0 Å². The Morgan fingerprint density at radius 3 is 2.53 bits per heavy atom. The smallest absolute Gasteiger partial charge is 0.314 e. The van der Waals surface area contributed by atoms with Crippen molar-refractivity contribution in [3.63, 3.8) is 0 Å². The summed E-state index contributed by atoms with van der Waals surface area (Å²) < 4.78 is 0. The molecule has 2 rings (SSSR count). The van der Waals surface area contributed by atoms with E-state index in [1.165, 1.54) is 13.1 Å². The highest BCUT2D eigenvalue weighted by molar-refractivity contribution is 6.05. The van der Waals surface area contributed by atoms with Crippen LogP contribution in [0.1, 0.15) is 12.5 Å². The summed E-state index contributed by atoms with van der Waals surface area (Å²) in [5.41, 5.74) is 5.85. The zero-order valence-corrected chi connectivity index (χ0v) is 9.36. The Bertz CT molecular complexity index is 496. The molecule has 5 nitrogen and oxygen atoms in total. The number of hydrogen-bond donors (Lipinski definition) is 3. The lowest BCUT2D eigenvalue weighted by molar-refractivity contribution is -0.120. The van der Waals surface area contributed by atoms with Crippen LogP contribution in [-0.4, -0.2) is 17.5 Å². The fourth-order valence-electron chi connectivity index (χ4n) is 1.74. The third-order valence-electron chi connectivity index (χ3n) is 2.72. The zero-order valence-electron chi connectivity index (χ0n) is 9.36. The van der Waals surface area contributed by atoms with E-state index in [9.17, 15) is 9.59 Å². The van der Waals surface area contributed by atoms with E-state index >= 15 is 0 Å². The van der Waals surface area contributed by atoms with Crippen LogP contribution in [0, 0.1) is 0 Å². The Hall–Kier alpha value is -2.14. The SMILES string of the molecule is CC(=O)C1(N)NC(=O)NC=C1c1ccccc1. The maximum absolute atomic E-state index is 11.6. The first-order valence-corrected chi connectivity index (χ1v) is 5.18. The molecular weight excluding hydrogens is 218 g/mol. The Labute approximate surface area is 98.7 Å². The second-order valence-electron chi connectivity index (χ2n) is 3.89. The average molecular weight is 231 g/mol. The van der Waals surface area contributed by atoms with E-state index in [0.717, 1.165) is 5.56 Å². The highest BCUT2D eigenvalue weighted by Crippen LogP contribution is 2.25. The molecule has 0 radical (unpaired) electrons. The highest BCUT2D eigenvalue weighted by atomic mass is 16.2. The fraction of sp³-hybridized carbons (Fsp3) is 0.167. The summed E-state index contributed by atoms with van der Waals surface area (Å²) in [6.07, 6.45) is 1.47. The molecule has 0 saturated carbocycles. The van der Waals surface area contributed by atoms with Crippen LogP contribution >= 0.6 is 0 Å². The molecule has 2 amide bonds. The van der Waals surface area contributed by atoms with E-state index < -0.39 is 11.7 Å². The standard InChI is InChI=1S/C12H13N3O2/c1-8(16)12(13)10(7-14-11(17)15-12)9-5-3-2-4-6-9/h2-7H,13H2,1H3,(H2,14,15,17). The van der Waals surface area contributed by atoms with Crippen LogP contribution in [0.2, 0.25) is 0 Å². The van der Waals surface area contributed by atoms with Crippen molar-refractivity contribution in [3.8, 4) is 0 Å². The highest BCUT2D eigenvalue weighted by Gasteiger charge is 2.39. The summed E-state index contributed by atoms with van der Waals surface area (Å²) in [7, 11) is 0. The minimum atomic E-state index is -1.47. The van der Waals surface area contributed by atoms with Crippen LogP contribution in [0.3, 0.4) is 0 Å². The van der Waals surface area contributed by atoms with Gasteiger partial charge >= 0.3 is 6.03 Å². The number of ketones is 1. The van der Waals surface area contributed by atoms with E-state index in [0.29, 0.717) is 5.57 Å². The first-order valence-electron chi connectivity index (χ1n) is 5.18. The lowest BCUT2D eigenvalue weighted by atomic mass is 9.90. The molecule has 4 N–H and O–H groups in total. The van der Waals surface area contributed by atoms with E-state index in [2.05, 4.69) is 10.6 Å². The first kappa shape index (κ1) is 11.3. The predicted octanol–water partition coefficient (Wildman–Crippen LogP) is 0.584.